The number of sulfonamides is 1. The lowest BCUT2D eigenvalue weighted by Gasteiger charge is -2.12. The summed E-state index contributed by atoms with van der Waals surface area (Å²) >= 11 is 1.46. The fourth-order valence-electron chi connectivity index (χ4n) is 2.84. The summed E-state index contributed by atoms with van der Waals surface area (Å²) in [5.41, 5.74) is 0.612. The molecule has 5 nitrogen and oxygen atoms in total. The second-order valence-electron chi connectivity index (χ2n) is 5.88. The Hall–Kier alpha value is -2.32. The minimum absolute atomic E-state index is 0.0915. The molecule has 1 unspecified atom stereocenters. The van der Waals surface area contributed by atoms with E-state index < -0.39 is 16.1 Å². The molecular weight excluding hydrogens is 368 g/mol. The molecule has 4 rings (SSSR count). The third-order valence-electron chi connectivity index (χ3n) is 4.13. The van der Waals surface area contributed by atoms with Crippen molar-refractivity contribution in [1.29, 1.82) is 0 Å². The van der Waals surface area contributed by atoms with Gasteiger partial charge in [0.25, 0.3) is 0 Å². The van der Waals surface area contributed by atoms with E-state index in [9.17, 15) is 13.5 Å². The van der Waals surface area contributed by atoms with Crippen molar-refractivity contribution in [2.45, 2.75) is 11.0 Å². The maximum absolute atomic E-state index is 12.7. The highest BCUT2D eigenvalue weighted by Crippen LogP contribution is 2.30. The van der Waals surface area contributed by atoms with Crippen LogP contribution in [-0.4, -0.2) is 25.1 Å². The minimum Gasteiger partial charge on any atom is -0.386 e. The molecule has 0 aliphatic rings. The van der Waals surface area contributed by atoms with Crippen LogP contribution in [0, 0.1) is 0 Å². The first-order valence-corrected chi connectivity index (χ1v) is 10.3. The molecular formula is C19H16N2O3S2. The highest BCUT2D eigenvalue weighted by atomic mass is 32.2. The van der Waals surface area contributed by atoms with Gasteiger partial charge in [0.2, 0.25) is 10.0 Å². The van der Waals surface area contributed by atoms with Crippen LogP contribution in [0.3, 0.4) is 0 Å². The van der Waals surface area contributed by atoms with E-state index in [2.05, 4.69) is 9.71 Å². The molecule has 0 saturated heterocycles. The Balaban J connectivity index is 1.57. The Labute approximate surface area is 155 Å². The van der Waals surface area contributed by atoms with Gasteiger partial charge in [-0.1, -0.05) is 24.3 Å². The Bertz CT molecular complexity index is 1150. The first kappa shape index (κ1) is 17.1. The second kappa shape index (κ2) is 6.77. The van der Waals surface area contributed by atoms with Crippen LogP contribution in [0.2, 0.25) is 0 Å². The average molecular weight is 384 g/mol. The lowest BCUT2D eigenvalue weighted by Crippen LogP contribution is -2.28. The van der Waals surface area contributed by atoms with Crippen molar-refractivity contribution < 1.29 is 13.5 Å². The van der Waals surface area contributed by atoms with Crippen LogP contribution in [0.25, 0.3) is 21.0 Å². The number of fused-ring (bicyclic) bond motifs is 2. The number of nitrogens with zero attached hydrogens (tertiary/aromatic N) is 1. The Kier molecular flexibility index (Phi) is 4.46. The Morgan fingerprint density at radius 2 is 1.92 bits per heavy atom. The molecule has 1 atom stereocenters. The predicted octanol–water partition coefficient (Wildman–Crippen LogP) is 3.46. The molecule has 132 valence electrons. The maximum atomic E-state index is 12.7. The van der Waals surface area contributed by atoms with E-state index in [-0.39, 0.29) is 11.4 Å². The topological polar surface area (TPSA) is 79.3 Å². The fraction of sp³-hybridized carbons (Fsp3) is 0.105. The summed E-state index contributed by atoms with van der Waals surface area (Å²) < 4.78 is 29.0. The van der Waals surface area contributed by atoms with Gasteiger partial charge in [0.1, 0.15) is 6.10 Å². The van der Waals surface area contributed by atoms with Gasteiger partial charge in [-0.05, 0) is 41.8 Å². The first-order valence-electron chi connectivity index (χ1n) is 8.04. The molecule has 0 saturated carbocycles. The monoisotopic (exact) mass is 384 g/mol. The van der Waals surface area contributed by atoms with Crippen molar-refractivity contribution in [3.8, 4) is 0 Å². The van der Waals surface area contributed by atoms with Gasteiger partial charge in [0.15, 0.2) is 0 Å². The van der Waals surface area contributed by atoms with E-state index in [0.29, 0.717) is 10.9 Å². The van der Waals surface area contributed by atoms with Crippen LogP contribution in [0.5, 0.6) is 0 Å². The predicted molar refractivity (Wildman–Crippen MR) is 104 cm³/mol. The van der Waals surface area contributed by atoms with Crippen LogP contribution in [-0.2, 0) is 10.0 Å². The van der Waals surface area contributed by atoms with Crippen molar-refractivity contribution >= 4 is 42.3 Å². The first-order chi connectivity index (χ1) is 12.5. The summed E-state index contributed by atoms with van der Waals surface area (Å²) in [6.07, 6.45) is 0.715. The minimum atomic E-state index is -3.77. The number of hydrogen-bond donors (Lipinski definition) is 2. The molecule has 0 aliphatic heterocycles. The molecule has 0 amide bonds. The van der Waals surface area contributed by atoms with Gasteiger partial charge >= 0.3 is 0 Å². The highest BCUT2D eigenvalue weighted by Gasteiger charge is 2.20. The number of benzene rings is 2. The van der Waals surface area contributed by atoms with Gasteiger partial charge in [-0.25, -0.2) is 13.1 Å². The summed E-state index contributed by atoms with van der Waals surface area (Å²) in [6.45, 7) is -0.0915. The number of aliphatic hydroxyl groups excluding tert-OH is 1. The zero-order valence-corrected chi connectivity index (χ0v) is 15.3. The quantitative estimate of drug-likeness (QED) is 0.552. The van der Waals surface area contributed by atoms with Crippen molar-refractivity contribution in [2.24, 2.45) is 0 Å². The highest BCUT2D eigenvalue weighted by molar-refractivity contribution is 7.89. The number of thiophene rings is 1. The lowest BCUT2D eigenvalue weighted by atomic mass is 10.2. The van der Waals surface area contributed by atoms with E-state index >= 15 is 0 Å². The number of nitrogens with one attached hydrogen (secondary N) is 1. The van der Waals surface area contributed by atoms with Gasteiger partial charge in [-0.3, -0.25) is 4.98 Å². The van der Waals surface area contributed by atoms with Gasteiger partial charge in [0.05, 0.1) is 10.4 Å². The summed E-state index contributed by atoms with van der Waals surface area (Å²) in [7, 11) is -3.77. The maximum Gasteiger partial charge on any atom is 0.241 e. The van der Waals surface area contributed by atoms with Gasteiger partial charge < -0.3 is 5.11 Å². The lowest BCUT2D eigenvalue weighted by molar-refractivity contribution is 0.186. The summed E-state index contributed by atoms with van der Waals surface area (Å²) in [6, 6.07) is 18.1. The van der Waals surface area contributed by atoms with Crippen LogP contribution in [0.1, 0.15) is 11.0 Å². The molecule has 4 aromatic rings. The number of hydrogen-bond acceptors (Lipinski definition) is 5. The van der Waals surface area contributed by atoms with Crippen LogP contribution >= 0.6 is 11.3 Å². The van der Waals surface area contributed by atoms with Crippen molar-refractivity contribution in [3.05, 3.63) is 71.7 Å². The number of pyridine rings is 1. The van der Waals surface area contributed by atoms with Gasteiger partial charge in [-0.2, -0.15) is 0 Å². The van der Waals surface area contributed by atoms with E-state index in [1.54, 1.807) is 30.5 Å². The molecule has 2 N–H and O–H groups in total. The Morgan fingerprint density at radius 1 is 1.08 bits per heavy atom. The van der Waals surface area contributed by atoms with Crippen LogP contribution in [0.4, 0.5) is 0 Å². The van der Waals surface area contributed by atoms with E-state index in [0.717, 1.165) is 15.0 Å². The zero-order chi connectivity index (χ0) is 18.1. The molecule has 2 aromatic heterocycles. The summed E-state index contributed by atoms with van der Waals surface area (Å²) in [5, 5.41) is 12.0. The molecule has 0 spiro atoms. The van der Waals surface area contributed by atoms with E-state index in [4.69, 9.17) is 0 Å². The average Bonchev–Trinajstić information content (AvgIpc) is 3.10. The smallest absolute Gasteiger partial charge is 0.241 e. The van der Waals surface area contributed by atoms with Crippen LogP contribution < -0.4 is 4.72 Å². The molecule has 0 bridgehead atoms. The third-order valence-corrected chi connectivity index (χ3v) is 6.83. The van der Waals surface area contributed by atoms with Gasteiger partial charge in [0, 0.05) is 27.7 Å². The Morgan fingerprint density at radius 3 is 2.77 bits per heavy atom. The second-order valence-corrected chi connectivity index (χ2v) is 8.73. The van der Waals surface area contributed by atoms with Crippen molar-refractivity contribution in [3.63, 3.8) is 0 Å². The summed E-state index contributed by atoms with van der Waals surface area (Å²) in [5.74, 6) is 0. The number of aromatic nitrogens is 1. The van der Waals surface area contributed by atoms with Crippen molar-refractivity contribution in [1.82, 2.24) is 9.71 Å². The zero-order valence-electron chi connectivity index (χ0n) is 13.7. The normalized spacial score (nSPS) is 13.3. The standard InChI is InChI=1S/C19H16N2O3S2/c22-16(18-11-13-5-1-2-8-17(13)25-18)12-21-26(23,24)19-9-3-7-15-14(19)6-4-10-20-15/h1-11,16,21-22H,12H2. The molecule has 2 aromatic carbocycles. The third kappa shape index (κ3) is 3.22. The largest absolute Gasteiger partial charge is 0.386 e. The summed E-state index contributed by atoms with van der Waals surface area (Å²) in [4.78, 5) is 5.07. The molecule has 0 fully saturated rings. The molecule has 0 radical (unpaired) electrons. The SMILES string of the molecule is O=S(=O)(NCC(O)c1cc2ccccc2s1)c1cccc2ncccc12. The van der Waals surface area contributed by atoms with Crippen LogP contribution in [0.15, 0.2) is 71.8 Å². The van der Waals surface area contributed by atoms with E-state index in [1.165, 1.54) is 17.4 Å². The van der Waals surface area contributed by atoms with E-state index in [1.807, 2.05) is 30.3 Å². The molecule has 7 heteroatoms. The molecule has 0 aliphatic carbocycles. The van der Waals surface area contributed by atoms with Crippen molar-refractivity contribution in [2.75, 3.05) is 6.54 Å². The van der Waals surface area contributed by atoms with Gasteiger partial charge in [-0.15, -0.1) is 11.3 Å². The number of aliphatic hydroxyl groups is 1. The molecule has 2 heterocycles. The fourth-order valence-corrected chi connectivity index (χ4v) is 5.15. The molecule has 26 heavy (non-hydrogen) atoms. The number of rotatable bonds is 5.